The highest BCUT2D eigenvalue weighted by Gasteiger charge is 2.31. The maximum Gasteiger partial charge on any atom is 0.416 e. The van der Waals surface area contributed by atoms with Gasteiger partial charge < -0.3 is 10.4 Å². The molecule has 2 N–H and O–H groups in total. The summed E-state index contributed by atoms with van der Waals surface area (Å²) in [5, 5.41) is 11.4. The first kappa shape index (κ1) is 15.1. The molecular weight excluding hydrogens is 309 g/mol. The van der Waals surface area contributed by atoms with E-state index in [0.717, 1.165) is 18.2 Å². The first-order valence-electron chi connectivity index (χ1n) is 5.61. The van der Waals surface area contributed by atoms with Crippen LogP contribution in [-0.4, -0.2) is 16.1 Å². The first-order chi connectivity index (χ1) is 9.79. The van der Waals surface area contributed by atoms with E-state index in [4.69, 9.17) is 16.7 Å². The van der Waals surface area contributed by atoms with Gasteiger partial charge in [0.15, 0.2) is 0 Å². The minimum atomic E-state index is -4.50. The number of carboxylic acids is 1. The van der Waals surface area contributed by atoms with Crippen molar-refractivity contribution >= 4 is 29.1 Å². The van der Waals surface area contributed by atoms with Gasteiger partial charge in [-0.1, -0.05) is 11.6 Å². The second kappa shape index (κ2) is 5.61. The van der Waals surface area contributed by atoms with Crippen molar-refractivity contribution < 1.29 is 23.1 Å². The molecular formula is C13H8ClF3N2O2. The number of rotatable bonds is 3. The maximum absolute atomic E-state index is 12.5. The Kier molecular flexibility index (Phi) is 4.04. The molecule has 8 heteroatoms. The minimum absolute atomic E-state index is 0.00772. The fraction of sp³-hybridized carbons (Fsp3) is 0.0769. The van der Waals surface area contributed by atoms with Crippen LogP contribution in [0.2, 0.25) is 5.02 Å². The summed E-state index contributed by atoms with van der Waals surface area (Å²) in [5.74, 6) is -1.22. The fourth-order valence-electron chi connectivity index (χ4n) is 1.60. The smallest absolute Gasteiger partial charge is 0.416 e. The molecule has 0 atom stereocenters. The summed E-state index contributed by atoms with van der Waals surface area (Å²) in [7, 11) is 0. The Morgan fingerprint density at radius 3 is 2.57 bits per heavy atom. The highest BCUT2D eigenvalue weighted by atomic mass is 35.5. The summed E-state index contributed by atoms with van der Waals surface area (Å²) in [6, 6.07) is 5.47. The summed E-state index contributed by atoms with van der Waals surface area (Å²) in [6.45, 7) is 0. The maximum atomic E-state index is 12.5. The number of carboxylic acid groups (broad SMARTS) is 1. The summed E-state index contributed by atoms with van der Waals surface area (Å²) < 4.78 is 37.6. The van der Waals surface area contributed by atoms with Crippen molar-refractivity contribution in [2.24, 2.45) is 0 Å². The number of halogens is 4. The molecule has 0 bridgehead atoms. The van der Waals surface area contributed by atoms with Crippen LogP contribution in [0.5, 0.6) is 0 Å². The fourth-order valence-corrected chi connectivity index (χ4v) is 1.83. The van der Waals surface area contributed by atoms with E-state index in [2.05, 4.69) is 10.3 Å². The molecule has 1 aromatic carbocycles. The van der Waals surface area contributed by atoms with Crippen molar-refractivity contribution in [1.82, 2.24) is 4.98 Å². The van der Waals surface area contributed by atoms with Crippen molar-refractivity contribution in [3.8, 4) is 0 Å². The van der Waals surface area contributed by atoms with E-state index < -0.39 is 17.7 Å². The lowest BCUT2D eigenvalue weighted by atomic mass is 10.2. The van der Waals surface area contributed by atoms with E-state index in [0.29, 0.717) is 0 Å². The lowest BCUT2D eigenvalue weighted by Crippen LogP contribution is -2.07. The van der Waals surface area contributed by atoms with E-state index in [1.165, 1.54) is 18.3 Å². The highest BCUT2D eigenvalue weighted by molar-refractivity contribution is 6.33. The van der Waals surface area contributed by atoms with Gasteiger partial charge >= 0.3 is 12.1 Å². The number of aromatic nitrogens is 1. The van der Waals surface area contributed by atoms with Crippen LogP contribution in [0.4, 0.5) is 24.7 Å². The number of pyridine rings is 1. The zero-order valence-electron chi connectivity index (χ0n) is 10.3. The van der Waals surface area contributed by atoms with E-state index in [9.17, 15) is 18.0 Å². The lowest BCUT2D eigenvalue weighted by molar-refractivity contribution is -0.137. The average molecular weight is 317 g/mol. The van der Waals surface area contributed by atoms with Gasteiger partial charge in [-0.2, -0.15) is 13.2 Å². The summed E-state index contributed by atoms with van der Waals surface area (Å²) in [5.41, 5.74) is -0.878. The highest BCUT2D eigenvalue weighted by Crippen LogP contribution is 2.34. The van der Waals surface area contributed by atoms with Crippen LogP contribution in [0.15, 0.2) is 36.5 Å². The van der Waals surface area contributed by atoms with E-state index in [1.54, 1.807) is 0 Å². The molecule has 0 fully saturated rings. The number of nitrogens with one attached hydrogen (secondary N) is 1. The monoisotopic (exact) mass is 316 g/mol. The van der Waals surface area contributed by atoms with Crippen LogP contribution in [0, 0.1) is 0 Å². The predicted molar refractivity (Wildman–Crippen MR) is 70.9 cm³/mol. The third kappa shape index (κ3) is 3.43. The van der Waals surface area contributed by atoms with Crippen LogP contribution < -0.4 is 5.32 Å². The number of alkyl halides is 3. The Balaban J connectivity index is 2.35. The molecule has 0 amide bonds. The van der Waals surface area contributed by atoms with Crippen LogP contribution in [0.1, 0.15) is 15.9 Å². The minimum Gasteiger partial charge on any atom is -0.478 e. The SMILES string of the molecule is O=C(O)c1cccnc1Nc1ccc(C(F)(F)F)cc1Cl. The topological polar surface area (TPSA) is 62.2 Å². The number of nitrogens with zero attached hydrogens (tertiary/aromatic N) is 1. The Bertz CT molecular complexity index is 689. The Morgan fingerprint density at radius 2 is 2.00 bits per heavy atom. The van der Waals surface area contributed by atoms with Gasteiger partial charge in [0.2, 0.25) is 0 Å². The molecule has 0 saturated carbocycles. The standard InChI is InChI=1S/C13H8ClF3N2O2/c14-9-6-7(13(15,16)17)3-4-10(9)19-11-8(12(20)21)2-1-5-18-11/h1-6H,(H,18,19)(H,20,21). The van der Waals surface area contributed by atoms with Crippen LogP contribution in [0.3, 0.4) is 0 Å². The van der Waals surface area contributed by atoms with Gasteiger partial charge in [0.05, 0.1) is 16.3 Å². The third-order valence-corrected chi connectivity index (χ3v) is 2.90. The van der Waals surface area contributed by atoms with Crippen LogP contribution >= 0.6 is 11.6 Å². The first-order valence-corrected chi connectivity index (χ1v) is 5.99. The van der Waals surface area contributed by atoms with Gasteiger partial charge in [-0.15, -0.1) is 0 Å². The molecule has 0 radical (unpaired) electrons. The zero-order valence-corrected chi connectivity index (χ0v) is 11.0. The molecule has 0 aliphatic heterocycles. The van der Waals surface area contributed by atoms with Gasteiger partial charge in [0.1, 0.15) is 11.4 Å². The van der Waals surface area contributed by atoms with Crippen molar-refractivity contribution in [3.63, 3.8) is 0 Å². The molecule has 21 heavy (non-hydrogen) atoms. The van der Waals surface area contributed by atoms with Crippen molar-refractivity contribution in [1.29, 1.82) is 0 Å². The second-order valence-electron chi connectivity index (χ2n) is 4.02. The molecule has 0 aliphatic rings. The van der Waals surface area contributed by atoms with Gasteiger partial charge in [0, 0.05) is 6.20 Å². The van der Waals surface area contributed by atoms with Gasteiger partial charge in [0.25, 0.3) is 0 Å². The molecule has 2 aromatic rings. The largest absolute Gasteiger partial charge is 0.478 e. The molecule has 0 aliphatic carbocycles. The number of carbonyl (C=O) groups is 1. The van der Waals surface area contributed by atoms with Crippen molar-refractivity contribution in [2.45, 2.75) is 6.18 Å². The number of anilines is 2. The number of hydrogen-bond donors (Lipinski definition) is 2. The Morgan fingerprint density at radius 1 is 1.29 bits per heavy atom. The van der Waals surface area contributed by atoms with E-state index in [1.807, 2.05) is 0 Å². The molecule has 110 valence electrons. The summed E-state index contributed by atoms with van der Waals surface area (Å²) in [4.78, 5) is 14.9. The normalized spacial score (nSPS) is 11.2. The Hall–Kier alpha value is -2.28. The van der Waals surface area contributed by atoms with Gasteiger partial charge in [-0.05, 0) is 30.3 Å². The molecule has 1 heterocycles. The second-order valence-corrected chi connectivity index (χ2v) is 4.43. The zero-order chi connectivity index (χ0) is 15.6. The van der Waals surface area contributed by atoms with Gasteiger partial charge in [-0.25, -0.2) is 9.78 Å². The van der Waals surface area contributed by atoms with Crippen LogP contribution in [0.25, 0.3) is 0 Å². The molecule has 0 saturated heterocycles. The van der Waals surface area contributed by atoms with Crippen molar-refractivity contribution in [3.05, 3.63) is 52.7 Å². The number of hydrogen-bond acceptors (Lipinski definition) is 3. The molecule has 0 unspecified atom stereocenters. The molecule has 1 aromatic heterocycles. The average Bonchev–Trinajstić information content (AvgIpc) is 2.40. The molecule has 0 spiro atoms. The number of benzene rings is 1. The quantitative estimate of drug-likeness (QED) is 0.891. The van der Waals surface area contributed by atoms with Crippen molar-refractivity contribution in [2.75, 3.05) is 5.32 Å². The lowest BCUT2D eigenvalue weighted by Gasteiger charge is -2.12. The summed E-state index contributed by atoms with van der Waals surface area (Å²) in [6.07, 6.45) is -3.15. The third-order valence-electron chi connectivity index (χ3n) is 2.59. The van der Waals surface area contributed by atoms with E-state index in [-0.39, 0.29) is 22.1 Å². The number of aromatic carboxylic acids is 1. The summed E-state index contributed by atoms with van der Waals surface area (Å²) >= 11 is 5.78. The van der Waals surface area contributed by atoms with E-state index >= 15 is 0 Å². The predicted octanol–water partition coefficient (Wildman–Crippen LogP) is 4.20. The Labute approximate surface area is 122 Å². The molecule has 2 rings (SSSR count). The molecule has 4 nitrogen and oxygen atoms in total. The van der Waals surface area contributed by atoms with Crippen LogP contribution in [-0.2, 0) is 6.18 Å². The van der Waals surface area contributed by atoms with Gasteiger partial charge in [-0.3, -0.25) is 0 Å².